The largest absolute Gasteiger partial charge is 0.378 e. The number of anilines is 1. The van der Waals surface area contributed by atoms with Crippen LogP contribution in [0.2, 0.25) is 0 Å². The summed E-state index contributed by atoms with van der Waals surface area (Å²) in [6, 6.07) is 7.86. The van der Waals surface area contributed by atoms with E-state index in [0.29, 0.717) is 48.5 Å². The van der Waals surface area contributed by atoms with Gasteiger partial charge in [-0.3, -0.25) is 4.98 Å². The topological polar surface area (TPSA) is 59.5 Å². The SMILES string of the molecule is Cc1ccc(S(=O)(=O)c2cnc3ccc(F)cc3c2N2CCOCC2)cc1F. The van der Waals surface area contributed by atoms with Gasteiger partial charge in [0.25, 0.3) is 0 Å². The molecule has 0 bridgehead atoms. The van der Waals surface area contributed by atoms with E-state index >= 15 is 0 Å². The smallest absolute Gasteiger partial charge is 0.210 e. The van der Waals surface area contributed by atoms with Crippen molar-refractivity contribution in [1.82, 2.24) is 4.98 Å². The number of halogens is 2. The first-order valence-corrected chi connectivity index (χ1v) is 10.3. The minimum absolute atomic E-state index is 0.0734. The lowest BCUT2D eigenvalue weighted by Gasteiger charge is -2.31. The van der Waals surface area contributed by atoms with E-state index in [1.807, 2.05) is 4.90 Å². The maximum atomic E-state index is 14.0. The Bertz CT molecular complexity index is 1160. The number of pyridine rings is 1. The van der Waals surface area contributed by atoms with Gasteiger partial charge in [-0.05, 0) is 42.8 Å². The van der Waals surface area contributed by atoms with Crippen molar-refractivity contribution in [3.63, 3.8) is 0 Å². The predicted molar refractivity (Wildman–Crippen MR) is 101 cm³/mol. The van der Waals surface area contributed by atoms with Gasteiger partial charge in [0, 0.05) is 24.7 Å². The van der Waals surface area contributed by atoms with Crippen LogP contribution in [0.1, 0.15) is 5.56 Å². The highest BCUT2D eigenvalue weighted by Crippen LogP contribution is 2.36. The van der Waals surface area contributed by atoms with E-state index in [4.69, 9.17) is 4.74 Å². The van der Waals surface area contributed by atoms with Crippen LogP contribution in [0.25, 0.3) is 10.9 Å². The molecule has 0 N–H and O–H groups in total. The standard InChI is InChI=1S/C20H18F2N2O3S/c1-13-2-4-15(11-17(13)22)28(25,26)19-12-23-18-5-3-14(21)10-16(18)20(19)24-6-8-27-9-7-24/h2-5,10-12H,6-9H2,1H3. The van der Waals surface area contributed by atoms with E-state index in [1.165, 1.54) is 36.5 Å². The van der Waals surface area contributed by atoms with Gasteiger partial charge < -0.3 is 9.64 Å². The molecule has 0 radical (unpaired) electrons. The monoisotopic (exact) mass is 404 g/mol. The van der Waals surface area contributed by atoms with Crippen LogP contribution < -0.4 is 4.90 Å². The van der Waals surface area contributed by atoms with Gasteiger partial charge in [-0.15, -0.1) is 0 Å². The summed E-state index contributed by atoms with van der Waals surface area (Å²) in [5.41, 5.74) is 1.21. The molecule has 5 nitrogen and oxygen atoms in total. The Morgan fingerprint density at radius 2 is 1.82 bits per heavy atom. The maximum absolute atomic E-state index is 14.0. The lowest BCUT2D eigenvalue weighted by atomic mass is 10.1. The molecule has 2 heterocycles. The Morgan fingerprint density at radius 1 is 1.07 bits per heavy atom. The number of fused-ring (bicyclic) bond motifs is 1. The molecular weight excluding hydrogens is 386 g/mol. The molecule has 0 unspecified atom stereocenters. The molecule has 1 saturated heterocycles. The molecule has 2 aromatic carbocycles. The first kappa shape index (κ1) is 18.8. The van der Waals surface area contributed by atoms with Gasteiger partial charge in [0.1, 0.15) is 16.5 Å². The molecule has 0 atom stereocenters. The fourth-order valence-corrected chi connectivity index (χ4v) is 4.75. The lowest BCUT2D eigenvalue weighted by Crippen LogP contribution is -2.37. The summed E-state index contributed by atoms with van der Waals surface area (Å²) < 4.78 is 60.0. The number of morpholine rings is 1. The third-order valence-electron chi connectivity index (χ3n) is 4.84. The van der Waals surface area contributed by atoms with Gasteiger partial charge in [0.15, 0.2) is 0 Å². The van der Waals surface area contributed by atoms with Crippen molar-refractivity contribution in [3.05, 3.63) is 59.8 Å². The van der Waals surface area contributed by atoms with Crippen LogP contribution >= 0.6 is 0 Å². The number of nitrogens with zero attached hydrogens (tertiary/aromatic N) is 2. The Morgan fingerprint density at radius 3 is 2.54 bits per heavy atom. The van der Waals surface area contributed by atoms with Crippen molar-refractivity contribution in [2.24, 2.45) is 0 Å². The molecule has 3 aromatic rings. The van der Waals surface area contributed by atoms with Crippen LogP contribution in [0.15, 0.2) is 52.4 Å². The molecule has 0 saturated carbocycles. The average Bonchev–Trinajstić information content (AvgIpc) is 2.69. The van der Waals surface area contributed by atoms with Crippen LogP contribution in [0.4, 0.5) is 14.5 Å². The summed E-state index contributed by atoms with van der Waals surface area (Å²) in [4.78, 5) is 5.83. The second-order valence-corrected chi connectivity index (χ2v) is 8.56. The molecule has 146 valence electrons. The van der Waals surface area contributed by atoms with Gasteiger partial charge >= 0.3 is 0 Å². The summed E-state index contributed by atoms with van der Waals surface area (Å²) >= 11 is 0. The number of benzene rings is 2. The molecule has 1 aliphatic heterocycles. The number of hydrogen-bond acceptors (Lipinski definition) is 5. The minimum atomic E-state index is -4.07. The molecule has 4 rings (SSSR count). The maximum Gasteiger partial charge on any atom is 0.210 e. The second kappa shape index (κ2) is 7.10. The van der Waals surface area contributed by atoms with Crippen molar-refractivity contribution in [3.8, 4) is 0 Å². The molecule has 1 aromatic heterocycles. The molecule has 1 aliphatic rings. The zero-order chi connectivity index (χ0) is 19.9. The first-order chi connectivity index (χ1) is 13.4. The zero-order valence-corrected chi connectivity index (χ0v) is 16.0. The number of hydrogen-bond donors (Lipinski definition) is 0. The number of sulfone groups is 1. The fourth-order valence-electron chi connectivity index (χ4n) is 3.31. The summed E-state index contributed by atoms with van der Waals surface area (Å²) in [5, 5.41) is 0.399. The van der Waals surface area contributed by atoms with E-state index < -0.39 is 21.5 Å². The number of aromatic nitrogens is 1. The number of aryl methyl sites for hydroxylation is 1. The van der Waals surface area contributed by atoms with E-state index in [1.54, 1.807) is 6.92 Å². The number of ether oxygens (including phenoxy) is 1. The fraction of sp³-hybridized carbons (Fsp3) is 0.250. The summed E-state index contributed by atoms with van der Waals surface area (Å²) in [6.45, 7) is 3.33. The Hall–Kier alpha value is -2.58. The van der Waals surface area contributed by atoms with Crippen LogP contribution in [-0.4, -0.2) is 39.7 Å². The van der Waals surface area contributed by atoms with Gasteiger partial charge in [-0.25, -0.2) is 17.2 Å². The highest BCUT2D eigenvalue weighted by Gasteiger charge is 2.28. The van der Waals surface area contributed by atoms with Crippen LogP contribution in [0.5, 0.6) is 0 Å². The van der Waals surface area contributed by atoms with Crippen LogP contribution in [-0.2, 0) is 14.6 Å². The summed E-state index contributed by atoms with van der Waals surface area (Å²) in [5.74, 6) is -1.09. The molecule has 0 spiro atoms. The predicted octanol–water partition coefficient (Wildman–Crippen LogP) is 3.49. The quantitative estimate of drug-likeness (QED) is 0.669. The van der Waals surface area contributed by atoms with Gasteiger partial charge in [0.05, 0.1) is 29.3 Å². The van der Waals surface area contributed by atoms with Gasteiger partial charge in [-0.1, -0.05) is 6.07 Å². The van der Waals surface area contributed by atoms with Crippen molar-refractivity contribution in [2.75, 3.05) is 31.2 Å². The Labute approximate surface area is 161 Å². The molecular formula is C20H18F2N2O3S. The van der Waals surface area contributed by atoms with E-state index in [0.717, 1.165) is 6.07 Å². The zero-order valence-electron chi connectivity index (χ0n) is 15.2. The highest BCUT2D eigenvalue weighted by atomic mass is 32.2. The molecule has 8 heteroatoms. The van der Waals surface area contributed by atoms with E-state index in [2.05, 4.69) is 4.98 Å². The van der Waals surface area contributed by atoms with E-state index in [9.17, 15) is 17.2 Å². The van der Waals surface area contributed by atoms with Crippen molar-refractivity contribution in [2.45, 2.75) is 16.7 Å². The highest BCUT2D eigenvalue weighted by molar-refractivity contribution is 7.91. The first-order valence-electron chi connectivity index (χ1n) is 8.80. The third-order valence-corrected chi connectivity index (χ3v) is 6.59. The van der Waals surface area contributed by atoms with E-state index in [-0.39, 0.29) is 9.79 Å². The average molecular weight is 404 g/mol. The third kappa shape index (κ3) is 3.22. The van der Waals surface area contributed by atoms with Gasteiger partial charge in [0.2, 0.25) is 9.84 Å². The normalized spacial score (nSPS) is 15.2. The van der Waals surface area contributed by atoms with Gasteiger partial charge in [-0.2, -0.15) is 0 Å². The number of rotatable bonds is 3. The second-order valence-electron chi connectivity index (χ2n) is 6.65. The lowest BCUT2D eigenvalue weighted by molar-refractivity contribution is 0.122. The molecule has 1 fully saturated rings. The summed E-state index contributed by atoms with van der Waals surface area (Å²) in [6.07, 6.45) is 1.26. The Balaban J connectivity index is 1.98. The molecule has 0 aliphatic carbocycles. The van der Waals surface area contributed by atoms with Crippen molar-refractivity contribution < 1.29 is 21.9 Å². The van der Waals surface area contributed by atoms with Crippen LogP contribution in [0.3, 0.4) is 0 Å². The minimum Gasteiger partial charge on any atom is -0.378 e. The molecule has 28 heavy (non-hydrogen) atoms. The summed E-state index contributed by atoms with van der Waals surface area (Å²) in [7, 11) is -4.07. The van der Waals surface area contributed by atoms with Crippen molar-refractivity contribution >= 4 is 26.4 Å². The van der Waals surface area contributed by atoms with Crippen molar-refractivity contribution in [1.29, 1.82) is 0 Å². The molecule has 0 amide bonds. The van der Waals surface area contributed by atoms with Crippen LogP contribution in [0, 0.1) is 18.6 Å². The Kier molecular flexibility index (Phi) is 4.76.